The molecule has 0 aromatic carbocycles. The van der Waals surface area contributed by atoms with E-state index in [0.29, 0.717) is 17.9 Å². The Labute approximate surface area is 144 Å². The van der Waals surface area contributed by atoms with E-state index in [1.54, 1.807) is 0 Å². The van der Waals surface area contributed by atoms with Gasteiger partial charge in [0.25, 0.3) is 0 Å². The van der Waals surface area contributed by atoms with Gasteiger partial charge in [-0.15, -0.1) is 0 Å². The molecule has 1 aliphatic rings. The van der Waals surface area contributed by atoms with Crippen LogP contribution in [0.25, 0.3) is 0 Å². The molecular weight excluding hydrogens is 304 g/mol. The van der Waals surface area contributed by atoms with Crippen molar-refractivity contribution in [3.63, 3.8) is 0 Å². The van der Waals surface area contributed by atoms with Gasteiger partial charge in [-0.2, -0.15) is 15.0 Å². The largest absolute Gasteiger partial charge is 0.351 e. The van der Waals surface area contributed by atoms with Crippen LogP contribution < -0.4 is 10.2 Å². The second-order valence-electron chi connectivity index (χ2n) is 7.26. The van der Waals surface area contributed by atoms with Crippen molar-refractivity contribution in [3.05, 3.63) is 5.82 Å². The van der Waals surface area contributed by atoms with Crippen LogP contribution in [0.2, 0.25) is 0 Å². The van der Waals surface area contributed by atoms with Gasteiger partial charge in [0.1, 0.15) is 5.82 Å². The maximum atomic E-state index is 12.1. The van der Waals surface area contributed by atoms with E-state index in [2.05, 4.69) is 34.1 Å². The number of piperidine rings is 1. The molecule has 7 nitrogen and oxygen atoms in total. The van der Waals surface area contributed by atoms with Gasteiger partial charge in [0, 0.05) is 45.1 Å². The lowest BCUT2D eigenvalue weighted by Gasteiger charge is -2.33. The fraction of sp³-hybridized carbons (Fsp3) is 0.765. The zero-order valence-corrected chi connectivity index (χ0v) is 15.7. The summed E-state index contributed by atoms with van der Waals surface area (Å²) in [4.78, 5) is 29.5. The summed E-state index contributed by atoms with van der Waals surface area (Å²) in [6.45, 7) is 9.64. The van der Waals surface area contributed by atoms with Gasteiger partial charge in [0.15, 0.2) is 0 Å². The first-order valence-corrected chi connectivity index (χ1v) is 8.76. The van der Waals surface area contributed by atoms with Crippen molar-refractivity contribution in [3.8, 4) is 0 Å². The third-order valence-corrected chi connectivity index (χ3v) is 4.19. The number of hydrogen-bond acceptors (Lipinski definition) is 6. The van der Waals surface area contributed by atoms with Gasteiger partial charge in [-0.05, 0) is 12.8 Å². The Balaban J connectivity index is 2.03. The minimum Gasteiger partial charge on any atom is -0.351 e. The lowest BCUT2D eigenvalue weighted by atomic mass is 10.0. The Bertz CT molecular complexity index is 538. The molecule has 0 spiro atoms. The van der Waals surface area contributed by atoms with E-state index < -0.39 is 0 Å². The maximum Gasteiger partial charge on any atom is 0.229 e. The van der Waals surface area contributed by atoms with Crippen LogP contribution in [0.5, 0.6) is 0 Å². The van der Waals surface area contributed by atoms with Crippen molar-refractivity contribution < 1.29 is 4.79 Å². The van der Waals surface area contributed by atoms with E-state index in [-0.39, 0.29) is 17.7 Å². The highest BCUT2D eigenvalue weighted by molar-refractivity contribution is 5.78. The molecule has 1 aromatic rings. The molecule has 0 aliphatic carbocycles. The SMILES string of the molecule is CC(C)C(=O)N1CCC(Nc2nc(C(C)C)nc(N(C)C)n2)CC1. The summed E-state index contributed by atoms with van der Waals surface area (Å²) in [7, 11) is 3.86. The minimum absolute atomic E-state index is 0.0642. The van der Waals surface area contributed by atoms with Gasteiger partial charge >= 0.3 is 0 Å². The predicted molar refractivity (Wildman–Crippen MR) is 96.3 cm³/mol. The number of nitrogens with one attached hydrogen (secondary N) is 1. The molecule has 24 heavy (non-hydrogen) atoms. The van der Waals surface area contributed by atoms with Gasteiger partial charge in [0.05, 0.1) is 0 Å². The Morgan fingerprint density at radius 3 is 2.25 bits per heavy atom. The number of anilines is 2. The number of nitrogens with zero attached hydrogens (tertiary/aromatic N) is 5. The number of likely N-dealkylation sites (tertiary alicyclic amines) is 1. The number of carbonyl (C=O) groups is 1. The van der Waals surface area contributed by atoms with E-state index in [9.17, 15) is 4.79 Å². The molecule has 2 heterocycles. The Kier molecular flexibility index (Phi) is 5.96. The molecular formula is C17H30N6O. The predicted octanol–water partition coefficient (Wildman–Crippen LogP) is 2.12. The third kappa shape index (κ3) is 4.55. The minimum atomic E-state index is 0.0642. The van der Waals surface area contributed by atoms with Crippen LogP contribution in [0, 0.1) is 5.92 Å². The molecule has 0 unspecified atom stereocenters. The van der Waals surface area contributed by atoms with Gasteiger partial charge in [-0.3, -0.25) is 4.79 Å². The average molecular weight is 334 g/mol. The zero-order chi connectivity index (χ0) is 17.9. The average Bonchev–Trinajstić information content (AvgIpc) is 2.54. The summed E-state index contributed by atoms with van der Waals surface area (Å²) < 4.78 is 0. The van der Waals surface area contributed by atoms with Crippen molar-refractivity contribution in [2.24, 2.45) is 5.92 Å². The smallest absolute Gasteiger partial charge is 0.229 e. The summed E-state index contributed by atoms with van der Waals surface area (Å²) in [6, 6.07) is 0.290. The van der Waals surface area contributed by atoms with Crippen LogP contribution in [0.3, 0.4) is 0 Å². The van der Waals surface area contributed by atoms with E-state index in [0.717, 1.165) is 31.8 Å². The molecule has 2 rings (SSSR count). The van der Waals surface area contributed by atoms with Crippen LogP contribution in [-0.4, -0.2) is 59.0 Å². The Morgan fingerprint density at radius 2 is 1.75 bits per heavy atom. The van der Waals surface area contributed by atoms with Crippen molar-refractivity contribution in [1.82, 2.24) is 19.9 Å². The van der Waals surface area contributed by atoms with Gasteiger partial charge in [-0.1, -0.05) is 27.7 Å². The van der Waals surface area contributed by atoms with E-state index >= 15 is 0 Å². The quantitative estimate of drug-likeness (QED) is 0.889. The topological polar surface area (TPSA) is 74.2 Å². The van der Waals surface area contributed by atoms with Crippen LogP contribution in [0.15, 0.2) is 0 Å². The molecule has 1 aromatic heterocycles. The molecule has 0 radical (unpaired) electrons. The van der Waals surface area contributed by atoms with E-state index in [4.69, 9.17) is 0 Å². The van der Waals surface area contributed by atoms with Crippen LogP contribution in [0.1, 0.15) is 52.3 Å². The van der Waals surface area contributed by atoms with Gasteiger partial charge in [-0.25, -0.2) is 0 Å². The molecule has 134 valence electrons. The zero-order valence-electron chi connectivity index (χ0n) is 15.7. The number of carbonyl (C=O) groups excluding carboxylic acids is 1. The summed E-state index contributed by atoms with van der Waals surface area (Å²) >= 11 is 0. The van der Waals surface area contributed by atoms with Crippen LogP contribution >= 0.6 is 0 Å². The normalized spacial score (nSPS) is 15.9. The Hall–Kier alpha value is -1.92. The highest BCUT2D eigenvalue weighted by Crippen LogP contribution is 2.19. The summed E-state index contributed by atoms with van der Waals surface area (Å²) in [5.74, 6) is 2.65. The fourth-order valence-corrected chi connectivity index (χ4v) is 2.70. The lowest BCUT2D eigenvalue weighted by molar-refractivity contribution is -0.135. The molecule has 0 atom stereocenters. The lowest BCUT2D eigenvalue weighted by Crippen LogP contribution is -2.44. The molecule has 0 saturated carbocycles. The molecule has 7 heteroatoms. The first-order chi connectivity index (χ1) is 11.3. The summed E-state index contributed by atoms with van der Waals surface area (Å²) in [5, 5.41) is 3.43. The second kappa shape index (κ2) is 7.77. The number of amides is 1. The first kappa shape index (κ1) is 18.4. The molecule has 1 aliphatic heterocycles. The van der Waals surface area contributed by atoms with Crippen molar-refractivity contribution >= 4 is 17.8 Å². The van der Waals surface area contributed by atoms with Gasteiger partial charge in [0.2, 0.25) is 17.8 Å². The third-order valence-electron chi connectivity index (χ3n) is 4.19. The van der Waals surface area contributed by atoms with E-state index in [1.807, 2.05) is 37.7 Å². The Morgan fingerprint density at radius 1 is 1.12 bits per heavy atom. The maximum absolute atomic E-state index is 12.1. The highest BCUT2D eigenvalue weighted by Gasteiger charge is 2.25. The molecule has 0 bridgehead atoms. The van der Waals surface area contributed by atoms with Crippen LogP contribution in [-0.2, 0) is 4.79 Å². The summed E-state index contributed by atoms with van der Waals surface area (Å²) in [6.07, 6.45) is 1.83. The molecule has 1 N–H and O–H groups in total. The number of aromatic nitrogens is 3. The fourth-order valence-electron chi connectivity index (χ4n) is 2.70. The summed E-state index contributed by atoms with van der Waals surface area (Å²) in [5.41, 5.74) is 0. The standard InChI is InChI=1S/C17H30N6O/c1-11(2)14-19-16(21-17(20-14)22(5)6)18-13-7-9-23(10-8-13)15(24)12(3)4/h11-13H,7-10H2,1-6H3,(H,18,19,20,21). The van der Waals surface area contributed by atoms with Gasteiger partial charge < -0.3 is 15.1 Å². The molecule has 1 saturated heterocycles. The highest BCUT2D eigenvalue weighted by atomic mass is 16.2. The van der Waals surface area contributed by atoms with Crippen molar-refractivity contribution in [1.29, 1.82) is 0 Å². The second-order valence-corrected chi connectivity index (χ2v) is 7.26. The first-order valence-electron chi connectivity index (χ1n) is 8.76. The number of hydrogen-bond donors (Lipinski definition) is 1. The monoisotopic (exact) mass is 334 g/mol. The number of rotatable bonds is 5. The van der Waals surface area contributed by atoms with Crippen LogP contribution in [0.4, 0.5) is 11.9 Å². The van der Waals surface area contributed by atoms with Crippen molar-refractivity contribution in [2.45, 2.75) is 52.5 Å². The molecule has 1 amide bonds. The van der Waals surface area contributed by atoms with E-state index in [1.165, 1.54) is 0 Å². The molecule has 1 fully saturated rings. The van der Waals surface area contributed by atoms with Crippen molar-refractivity contribution in [2.75, 3.05) is 37.4 Å².